The minimum Gasteiger partial charge on any atom is -0.545 e. The van der Waals surface area contributed by atoms with Gasteiger partial charge >= 0.3 is 5.97 Å². The van der Waals surface area contributed by atoms with Crippen LogP contribution in [0, 0.1) is 0 Å². The number of hydrogen-bond acceptors (Lipinski definition) is 4. The molecule has 0 aliphatic carbocycles. The lowest BCUT2D eigenvalue weighted by molar-refractivity contribution is -0.255. The maximum absolute atomic E-state index is 11.1. The van der Waals surface area contributed by atoms with Crippen LogP contribution in [-0.4, -0.2) is 17.0 Å². The van der Waals surface area contributed by atoms with Crippen LogP contribution in [0.3, 0.4) is 0 Å². The summed E-state index contributed by atoms with van der Waals surface area (Å²) >= 11 is 1.10. The minimum absolute atomic E-state index is 0.0488. The summed E-state index contributed by atoms with van der Waals surface area (Å²) < 4.78 is 0. The SMILES string of the molecule is O=C([O-])c1ccccc1Sc1ccccc1C(=O)O.c1ccc(C[P+](c2ccccc2)(c2ccccc2)c2ccccc2)cc1. The summed E-state index contributed by atoms with van der Waals surface area (Å²) in [5.74, 6) is -2.33. The van der Waals surface area contributed by atoms with E-state index in [1.54, 1.807) is 36.4 Å². The molecular weight excluding hydrogens is 595 g/mol. The van der Waals surface area contributed by atoms with Crippen molar-refractivity contribution >= 4 is 46.9 Å². The lowest BCUT2D eigenvalue weighted by atomic mass is 10.2. The number of carbonyl (C=O) groups is 2. The van der Waals surface area contributed by atoms with Gasteiger partial charge < -0.3 is 15.0 Å². The molecule has 0 unspecified atom stereocenters. The molecule has 0 radical (unpaired) electrons. The summed E-state index contributed by atoms with van der Waals surface area (Å²) in [6.45, 7) is 0. The molecule has 45 heavy (non-hydrogen) atoms. The van der Waals surface area contributed by atoms with Crippen LogP contribution in [0.4, 0.5) is 0 Å². The summed E-state index contributed by atoms with van der Waals surface area (Å²) in [7, 11) is -1.78. The highest BCUT2D eigenvalue weighted by molar-refractivity contribution is 7.99. The first-order chi connectivity index (χ1) is 22.0. The van der Waals surface area contributed by atoms with E-state index in [2.05, 4.69) is 121 Å². The number of rotatable bonds is 9. The molecule has 0 saturated carbocycles. The first-order valence-electron chi connectivity index (χ1n) is 14.4. The normalized spacial score (nSPS) is 10.8. The lowest BCUT2D eigenvalue weighted by Crippen LogP contribution is -2.32. The number of carbonyl (C=O) groups excluding carboxylic acids is 1. The second-order valence-electron chi connectivity index (χ2n) is 10.1. The lowest BCUT2D eigenvalue weighted by Gasteiger charge is -2.27. The number of hydrogen-bond donors (Lipinski definition) is 1. The Balaban J connectivity index is 0.000000187. The average Bonchev–Trinajstić information content (AvgIpc) is 3.09. The second kappa shape index (κ2) is 15.2. The van der Waals surface area contributed by atoms with Gasteiger partial charge in [-0.25, -0.2) is 4.79 Å². The molecule has 0 amide bonds. The first kappa shape index (κ1) is 31.5. The topological polar surface area (TPSA) is 77.4 Å². The monoisotopic (exact) mass is 626 g/mol. The minimum atomic E-state index is -1.78. The van der Waals surface area contributed by atoms with Gasteiger partial charge in [-0.3, -0.25) is 0 Å². The van der Waals surface area contributed by atoms with Crippen LogP contribution in [0.25, 0.3) is 0 Å². The van der Waals surface area contributed by atoms with Crippen LogP contribution >= 0.6 is 19.0 Å². The Morgan fingerprint density at radius 2 is 0.867 bits per heavy atom. The molecule has 0 aromatic heterocycles. The Labute approximate surface area is 268 Å². The van der Waals surface area contributed by atoms with Crippen LogP contribution in [0.5, 0.6) is 0 Å². The van der Waals surface area contributed by atoms with Crippen LogP contribution in [0.2, 0.25) is 0 Å². The summed E-state index contributed by atoms with van der Waals surface area (Å²) in [4.78, 5) is 23.0. The molecule has 6 rings (SSSR count). The van der Waals surface area contributed by atoms with Crippen LogP contribution in [0.15, 0.2) is 180 Å². The Kier molecular flexibility index (Phi) is 10.6. The van der Waals surface area contributed by atoms with E-state index in [4.69, 9.17) is 5.11 Å². The molecule has 0 bridgehead atoms. The zero-order chi connectivity index (χ0) is 31.5. The predicted molar refractivity (Wildman–Crippen MR) is 184 cm³/mol. The van der Waals surface area contributed by atoms with E-state index in [0.29, 0.717) is 9.79 Å². The quantitative estimate of drug-likeness (QED) is 0.174. The number of carboxylic acids is 2. The summed E-state index contributed by atoms with van der Waals surface area (Å²) in [5, 5.41) is 24.4. The van der Waals surface area contributed by atoms with Crippen molar-refractivity contribution in [3.63, 3.8) is 0 Å². The van der Waals surface area contributed by atoms with E-state index in [0.717, 1.165) is 17.9 Å². The van der Waals surface area contributed by atoms with Gasteiger partial charge in [-0.15, -0.1) is 0 Å². The van der Waals surface area contributed by atoms with Gasteiger partial charge in [-0.05, 0) is 60.2 Å². The molecule has 0 spiro atoms. The van der Waals surface area contributed by atoms with Crippen molar-refractivity contribution in [2.24, 2.45) is 0 Å². The molecular formula is C39H31O4PS. The Morgan fingerprint density at radius 3 is 1.29 bits per heavy atom. The number of carboxylic acid groups (broad SMARTS) is 2. The summed E-state index contributed by atoms with van der Waals surface area (Å²) in [5.41, 5.74) is 1.57. The van der Waals surface area contributed by atoms with E-state index < -0.39 is 19.2 Å². The molecule has 6 heteroatoms. The number of aromatic carboxylic acids is 2. The highest BCUT2D eigenvalue weighted by atomic mass is 32.2. The molecule has 1 N–H and O–H groups in total. The molecule has 222 valence electrons. The van der Waals surface area contributed by atoms with Crippen molar-refractivity contribution in [3.8, 4) is 0 Å². The summed E-state index contributed by atoms with van der Waals surface area (Å²) in [6, 6.07) is 56.8. The van der Waals surface area contributed by atoms with Gasteiger partial charge in [0.25, 0.3) is 0 Å². The molecule has 0 fully saturated rings. The van der Waals surface area contributed by atoms with Crippen molar-refractivity contribution in [2.75, 3.05) is 0 Å². The fourth-order valence-corrected chi connectivity index (χ4v) is 10.5. The van der Waals surface area contributed by atoms with Crippen molar-refractivity contribution in [3.05, 3.63) is 187 Å². The zero-order valence-corrected chi connectivity index (χ0v) is 26.1. The molecule has 0 saturated heterocycles. The third kappa shape index (κ3) is 7.58. The van der Waals surface area contributed by atoms with E-state index in [9.17, 15) is 14.7 Å². The predicted octanol–water partition coefficient (Wildman–Crippen LogP) is 7.08. The van der Waals surface area contributed by atoms with E-state index in [1.165, 1.54) is 33.6 Å². The molecule has 0 aliphatic rings. The molecule has 6 aromatic carbocycles. The average molecular weight is 627 g/mol. The molecule has 0 heterocycles. The maximum atomic E-state index is 11.1. The van der Waals surface area contributed by atoms with E-state index in [-0.39, 0.29) is 11.1 Å². The van der Waals surface area contributed by atoms with Crippen LogP contribution in [0.1, 0.15) is 26.3 Å². The largest absolute Gasteiger partial charge is 0.545 e. The fraction of sp³-hybridized carbons (Fsp3) is 0.0256. The number of benzene rings is 6. The molecule has 0 atom stereocenters. The van der Waals surface area contributed by atoms with Gasteiger partial charge in [0.15, 0.2) is 0 Å². The van der Waals surface area contributed by atoms with E-state index in [1.807, 2.05) is 0 Å². The maximum Gasteiger partial charge on any atom is 0.336 e. The zero-order valence-electron chi connectivity index (χ0n) is 24.4. The Morgan fingerprint density at radius 1 is 0.511 bits per heavy atom. The van der Waals surface area contributed by atoms with Crippen LogP contribution in [-0.2, 0) is 6.16 Å². The Bertz CT molecular complexity index is 1690. The third-order valence-electron chi connectivity index (χ3n) is 7.30. The van der Waals surface area contributed by atoms with Crippen molar-refractivity contribution in [2.45, 2.75) is 16.0 Å². The van der Waals surface area contributed by atoms with Gasteiger partial charge in [-0.2, -0.15) is 0 Å². The smallest absolute Gasteiger partial charge is 0.336 e. The van der Waals surface area contributed by atoms with E-state index >= 15 is 0 Å². The van der Waals surface area contributed by atoms with Gasteiger partial charge in [0.05, 0.1) is 17.7 Å². The van der Waals surface area contributed by atoms with Gasteiger partial charge in [0.1, 0.15) is 23.2 Å². The Hall–Kier alpha value is -4.96. The highest BCUT2D eigenvalue weighted by Crippen LogP contribution is 2.58. The molecule has 0 aliphatic heterocycles. The second-order valence-corrected chi connectivity index (χ2v) is 14.7. The van der Waals surface area contributed by atoms with Crippen LogP contribution < -0.4 is 21.0 Å². The van der Waals surface area contributed by atoms with Gasteiger partial charge in [0.2, 0.25) is 0 Å². The van der Waals surface area contributed by atoms with Gasteiger partial charge in [0, 0.05) is 15.4 Å². The summed E-state index contributed by atoms with van der Waals surface area (Å²) in [6.07, 6.45) is 1.03. The van der Waals surface area contributed by atoms with Gasteiger partial charge in [-0.1, -0.05) is 127 Å². The van der Waals surface area contributed by atoms with Crippen molar-refractivity contribution in [1.29, 1.82) is 0 Å². The first-order valence-corrected chi connectivity index (χ1v) is 17.2. The third-order valence-corrected chi connectivity index (χ3v) is 12.8. The van der Waals surface area contributed by atoms with Crippen molar-refractivity contribution in [1.82, 2.24) is 0 Å². The highest BCUT2D eigenvalue weighted by Gasteiger charge is 2.45. The standard InChI is InChI=1S/C25H22P.C14H10O4S/c1-5-13-22(14-6-1)21-26(23-15-7-2-8-16-23,24-17-9-3-10-18-24)25-19-11-4-12-20-25;15-13(16)9-5-1-3-7-11(9)19-12-8-4-2-6-10(12)14(17)18/h1-20H,21H2;1-8H,(H,15,16)(H,17,18)/q+1;/p-1. The fourth-order valence-electron chi connectivity index (χ4n) is 5.20. The molecule has 6 aromatic rings. The van der Waals surface area contributed by atoms with Crippen molar-refractivity contribution < 1.29 is 19.8 Å². The molecule has 4 nitrogen and oxygen atoms in total.